The molecule has 1 unspecified atom stereocenters. The number of ether oxygens (including phenoxy) is 1. The summed E-state index contributed by atoms with van der Waals surface area (Å²) in [6.07, 6.45) is 5.07. The third-order valence-electron chi connectivity index (χ3n) is 4.45. The highest BCUT2D eigenvalue weighted by Gasteiger charge is 2.24. The van der Waals surface area contributed by atoms with Gasteiger partial charge in [0.05, 0.1) is 11.1 Å². The Hall–Kier alpha value is -1.85. The Balaban J connectivity index is 1.54. The molecule has 2 aromatic rings. The molecule has 2 heterocycles. The highest BCUT2D eigenvalue weighted by molar-refractivity contribution is 7.98. The molecule has 1 aliphatic heterocycles. The normalized spacial score (nSPS) is 17.3. The molecule has 0 saturated carbocycles. The van der Waals surface area contributed by atoms with Crippen LogP contribution >= 0.6 is 11.8 Å². The fourth-order valence-electron chi connectivity index (χ4n) is 3.06. The summed E-state index contributed by atoms with van der Waals surface area (Å²) in [5.41, 5.74) is 1.95. The highest BCUT2D eigenvalue weighted by atomic mass is 32.2. The second kappa shape index (κ2) is 9.74. The molecule has 4 nitrogen and oxygen atoms in total. The van der Waals surface area contributed by atoms with Crippen molar-refractivity contribution in [1.82, 2.24) is 9.88 Å². The van der Waals surface area contributed by atoms with Crippen LogP contribution in [-0.4, -0.2) is 41.6 Å². The molecule has 5 heteroatoms. The molecule has 138 valence electrons. The number of amides is 1. The molecule has 1 aromatic carbocycles. The monoisotopic (exact) mass is 370 g/mol. The number of pyridine rings is 1. The number of carbonyl (C=O) groups excluding carboxylic acids is 1. The van der Waals surface area contributed by atoms with Crippen molar-refractivity contribution in [3.05, 3.63) is 59.8 Å². The molecular formula is C21H26N2O2S. The number of aromatic nitrogens is 1. The first kappa shape index (κ1) is 18.9. The van der Waals surface area contributed by atoms with Crippen molar-refractivity contribution >= 4 is 17.7 Å². The van der Waals surface area contributed by atoms with E-state index in [2.05, 4.69) is 11.9 Å². The number of nitrogens with zero attached hydrogens (tertiary/aromatic N) is 2. The van der Waals surface area contributed by atoms with Crippen LogP contribution in [0.15, 0.2) is 53.7 Å². The van der Waals surface area contributed by atoms with Crippen LogP contribution in [0.25, 0.3) is 0 Å². The summed E-state index contributed by atoms with van der Waals surface area (Å²) in [6, 6.07) is 13.9. The number of carbonyl (C=O) groups is 1. The Kier molecular flexibility index (Phi) is 7.09. The van der Waals surface area contributed by atoms with E-state index in [-0.39, 0.29) is 12.0 Å². The average molecular weight is 371 g/mol. The number of likely N-dealkylation sites (tertiary alicyclic amines) is 1. The fraction of sp³-hybridized carbons (Fsp3) is 0.429. The molecule has 0 spiro atoms. The predicted molar refractivity (Wildman–Crippen MR) is 105 cm³/mol. The summed E-state index contributed by atoms with van der Waals surface area (Å²) in [7, 11) is 0. The molecule has 1 fully saturated rings. The summed E-state index contributed by atoms with van der Waals surface area (Å²) in [5.74, 6) is 0.959. The summed E-state index contributed by atoms with van der Waals surface area (Å²) < 4.78 is 5.84. The van der Waals surface area contributed by atoms with Gasteiger partial charge in [0.25, 0.3) is 5.91 Å². The number of rotatable bonds is 7. The SMILES string of the molecule is CCCOC1CCCN(C(=O)c2ccc(CSc3ccccn3)cc2)C1. The molecule has 1 saturated heterocycles. The second-order valence-corrected chi connectivity index (χ2v) is 7.54. The zero-order chi connectivity index (χ0) is 18.2. The minimum absolute atomic E-state index is 0.110. The molecule has 1 amide bonds. The van der Waals surface area contributed by atoms with Gasteiger partial charge in [0.1, 0.15) is 0 Å². The highest BCUT2D eigenvalue weighted by Crippen LogP contribution is 2.21. The van der Waals surface area contributed by atoms with Gasteiger partial charge in [-0.05, 0) is 49.1 Å². The van der Waals surface area contributed by atoms with Gasteiger partial charge in [-0.3, -0.25) is 4.79 Å². The zero-order valence-corrected chi connectivity index (χ0v) is 16.1. The van der Waals surface area contributed by atoms with Crippen LogP contribution in [0.5, 0.6) is 0 Å². The molecule has 1 aromatic heterocycles. The largest absolute Gasteiger partial charge is 0.376 e. The maximum absolute atomic E-state index is 12.8. The molecule has 0 aliphatic carbocycles. The Morgan fingerprint density at radius 3 is 2.85 bits per heavy atom. The molecule has 0 bridgehead atoms. The first-order valence-corrected chi connectivity index (χ1v) is 10.3. The van der Waals surface area contributed by atoms with Gasteiger partial charge in [0, 0.05) is 37.2 Å². The van der Waals surface area contributed by atoms with Crippen LogP contribution in [0, 0.1) is 0 Å². The number of thioether (sulfide) groups is 1. The molecule has 26 heavy (non-hydrogen) atoms. The Labute approximate surface area is 160 Å². The predicted octanol–water partition coefficient (Wildman–Crippen LogP) is 4.41. The maximum atomic E-state index is 12.8. The van der Waals surface area contributed by atoms with E-state index < -0.39 is 0 Å². The second-order valence-electron chi connectivity index (χ2n) is 6.54. The lowest BCUT2D eigenvalue weighted by atomic mass is 10.1. The number of piperidine rings is 1. The molecule has 0 radical (unpaired) electrons. The summed E-state index contributed by atoms with van der Waals surface area (Å²) in [6.45, 7) is 4.41. The summed E-state index contributed by atoms with van der Waals surface area (Å²) >= 11 is 1.70. The van der Waals surface area contributed by atoms with Gasteiger partial charge in [-0.2, -0.15) is 0 Å². The van der Waals surface area contributed by atoms with E-state index in [9.17, 15) is 4.79 Å². The maximum Gasteiger partial charge on any atom is 0.253 e. The minimum atomic E-state index is 0.110. The molecule has 3 rings (SSSR count). The summed E-state index contributed by atoms with van der Waals surface area (Å²) in [4.78, 5) is 19.0. The standard InChI is InChI=1S/C21H26N2O2S/c1-2-14-25-19-6-5-13-23(15-19)21(24)18-10-8-17(9-11-18)16-26-20-7-3-4-12-22-20/h3-4,7-12,19H,2,5-6,13-16H2,1H3. The quantitative estimate of drug-likeness (QED) is 0.677. The Morgan fingerprint density at radius 2 is 2.12 bits per heavy atom. The van der Waals surface area contributed by atoms with Crippen molar-refractivity contribution in [3.63, 3.8) is 0 Å². The van der Waals surface area contributed by atoms with E-state index >= 15 is 0 Å². The van der Waals surface area contributed by atoms with Gasteiger partial charge in [0.2, 0.25) is 0 Å². The van der Waals surface area contributed by atoms with Gasteiger partial charge < -0.3 is 9.64 Å². The Morgan fingerprint density at radius 1 is 1.27 bits per heavy atom. The zero-order valence-electron chi connectivity index (χ0n) is 15.3. The number of hydrogen-bond acceptors (Lipinski definition) is 4. The van der Waals surface area contributed by atoms with E-state index in [1.165, 1.54) is 5.56 Å². The van der Waals surface area contributed by atoms with Crippen molar-refractivity contribution in [2.45, 2.75) is 43.1 Å². The van der Waals surface area contributed by atoms with Crippen LogP contribution < -0.4 is 0 Å². The first-order chi connectivity index (χ1) is 12.8. The van der Waals surface area contributed by atoms with Crippen molar-refractivity contribution in [2.75, 3.05) is 19.7 Å². The third-order valence-corrected chi connectivity index (χ3v) is 5.46. The van der Waals surface area contributed by atoms with Crippen LogP contribution in [-0.2, 0) is 10.5 Å². The molecule has 1 atom stereocenters. The van der Waals surface area contributed by atoms with Crippen molar-refractivity contribution in [1.29, 1.82) is 0 Å². The van der Waals surface area contributed by atoms with Crippen LogP contribution in [0.3, 0.4) is 0 Å². The molecule has 1 aliphatic rings. The third kappa shape index (κ3) is 5.32. The number of hydrogen-bond donors (Lipinski definition) is 0. The van der Waals surface area contributed by atoms with E-state index in [4.69, 9.17) is 4.74 Å². The van der Waals surface area contributed by atoms with Crippen molar-refractivity contribution in [3.8, 4) is 0 Å². The van der Waals surface area contributed by atoms with E-state index in [1.807, 2.05) is 47.4 Å². The fourth-order valence-corrected chi connectivity index (χ4v) is 3.88. The smallest absolute Gasteiger partial charge is 0.253 e. The lowest BCUT2D eigenvalue weighted by molar-refractivity contribution is 0.00211. The van der Waals surface area contributed by atoms with Gasteiger partial charge in [-0.1, -0.05) is 25.1 Å². The average Bonchev–Trinajstić information content (AvgIpc) is 2.71. The van der Waals surface area contributed by atoms with Gasteiger partial charge in [-0.15, -0.1) is 11.8 Å². The first-order valence-electron chi connectivity index (χ1n) is 9.30. The van der Waals surface area contributed by atoms with Crippen LogP contribution in [0.1, 0.15) is 42.1 Å². The Bertz CT molecular complexity index is 691. The summed E-state index contributed by atoms with van der Waals surface area (Å²) in [5, 5.41) is 1.01. The number of benzene rings is 1. The van der Waals surface area contributed by atoms with Crippen LogP contribution in [0.4, 0.5) is 0 Å². The van der Waals surface area contributed by atoms with Crippen molar-refractivity contribution < 1.29 is 9.53 Å². The molecular weight excluding hydrogens is 344 g/mol. The topological polar surface area (TPSA) is 42.4 Å². The lowest BCUT2D eigenvalue weighted by Crippen LogP contribution is -2.43. The van der Waals surface area contributed by atoms with Gasteiger partial charge in [-0.25, -0.2) is 4.98 Å². The minimum Gasteiger partial charge on any atom is -0.376 e. The molecule has 0 N–H and O–H groups in total. The van der Waals surface area contributed by atoms with E-state index in [0.717, 1.165) is 48.8 Å². The lowest BCUT2D eigenvalue weighted by Gasteiger charge is -2.32. The van der Waals surface area contributed by atoms with Crippen LogP contribution in [0.2, 0.25) is 0 Å². The van der Waals surface area contributed by atoms with Gasteiger partial charge in [0.15, 0.2) is 0 Å². The van der Waals surface area contributed by atoms with E-state index in [0.29, 0.717) is 6.54 Å². The van der Waals surface area contributed by atoms with Gasteiger partial charge >= 0.3 is 0 Å². The van der Waals surface area contributed by atoms with E-state index in [1.54, 1.807) is 18.0 Å². The van der Waals surface area contributed by atoms with Crippen molar-refractivity contribution in [2.24, 2.45) is 0 Å².